The third kappa shape index (κ3) is 5.98. The molecule has 0 saturated heterocycles. The lowest BCUT2D eigenvalue weighted by Gasteiger charge is -2.26. The summed E-state index contributed by atoms with van der Waals surface area (Å²) in [5.41, 5.74) is 15.6. The van der Waals surface area contributed by atoms with Gasteiger partial charge in [0.15, 0.2) is 0 Å². The van der Waals surface area contributed by atoms with E-state index >= 15 is 0 Å². The Morgan fingerprint density at radius 2 is 0.885 bits per heavy atom. The Morgan fingerprint density at radius 3 is 1.64 bits per heavy atom. The van der Waals surface area contributed by atoms with E-state index < -0.39 is 0 Å². The van der Waals surface area contributed by atoms with Crippen LogP contribution >= 0.6 is 0 Å². The van der Waals surface area contributed by atoms with Gasteiger partial charge in [-0.2, -0.15) is 0 Å². The summed E-state index contributed by atoms with van der Waals surface area (Å²) in [5, 5.41) is 7.27. The quantitative estimate of drug-likeness (QED) is 0.161. The largest absolute Gasteiger partial charge is 0.456 e. The number of fused-ring (bicyclic) bond motifs is 7. The molecule has 2 heterocycles. The molecule has 0 aliphatic carbocycles. The van der Waals surface area contributed by atoms with Crippen LogP contribution in [0.1, 0.15) is 0 Å². The van der Waals surface area contributed by atoms with Gasteiger partial charge < -0.3 is 13.9 Å². The smallest absolute Gasteiger partial charge is 0.136 e. The lowest BCUT2D eigenvalue weighted by molar-refractivity contribution is 0.669. The first-order chi connectivity index (χ1) is 30.2. The minimum Gasteiger partial charge on any atom is -0.456 e. The Hall–Kier alpha value is -8.14. The second kappa shape index (κ2) is 14.3. The summed E-state index contributed by atoms with van der Waals surface area (Å²) < 4.78 is 8.64. The van der Waals surface area contributed by atoms with E-state index in [2.05, 4.69) is 228 Å². The van der Waals surface area contributed by atoms with Crippen molar-refractivity contribution in [2.45, 2.75) is 0 Å². The normalized spacial score (nSPS) is 11.6. The van der Waals surface area contributed by atoms with Crippen molar-refractivity contribution in [3.8, 4) is 39.1 Å². The summed E-state index contributed by atoms with van der Waals surface area (Å²) in [4.78, 5) is 2.36. The van der Waals surface area contributed by atoms with Crippen LogP contribution in [-0.2, 0) is 0 Å². The van der Waals surface area contributed by atoms with Gasteiger partial charge in [0, 0.05) is 44.3 Å². The fourth-order valence-electron chi connectivity index (χ4n) is 9.27. The molecule has 12 aromatic rings. The van der Waals surface area contributed by atoms with Crippen LogP contribution in [0.3, 0.4) is 0 Å². The zero-order valence-corrected chi connectivity index (χ0v) is 33.2. The zero-order valence-electron chi connectivity index (χ0n) is 33.2. The predicted molar refractivity (Wildman–Crippen MR) is 257 cm³/mol. The molecule has 10 aromatic carbocycles. The van der Waals surface area contributed by atoms with E-state index in [0.29, 0.717) is 0 Å². The highest BCUT2D eigenvalue weighted by molar-refractivity contribution is 6.12. The van der Waals surface area contributed by atoms with E-state index in [0.717, 1.165) is 61.4 Å². The molecule has 0 N–H and O–H groups in total. The topological polar surface area (TPSA) is 21.3 Å². The van der Waals surface area contributed by atoms with Crippen LogP contribution in [0.5, 0.6) is 0 Å². The van der Waals surface area contributed by atoms with Crippen molar-refractivity contribution in [3.05, 3.63) is 231 Å². The Balaban J connectivity index is 0.951. The lowest BCUT2D eigenvalue weighted by atomic mass is 9.98. The molecule has 3 heteroatoms. The summed E-state index contributed by atoms with van der Waals surface area (Å²) in [5.74, 6) is 0. The number of furan rings is 1. The summed E-state index contributed by atoms with van der Waals surface area (Å²) in [6, 6.07) is 83.0. The number of benzene rings is 10. The van der Waals surface area contributed by atoms with Crippen LogP contribution in [0.4, 0.5) is 17.1 Å². The monoisotopic (exact) mass is 778 g/mol. The van der Waals surface area contributed by atoms with E-state index in [1.54, 1.807) is 0 Å². The highest BCUT2D eigenvalue weighted by Crippen LogP contribution is 2.41. The minimum atomic E-state index is 0.899. The van der Waals surface area contributed by atoms with Gasteiger partial charge in [-0.1, -0.05) is 152 Å². The van der Waals surface area contributed by atoms with Crippen LogP contribution < -0.4 is 4.90 Å². The maximum atomic E-state index is 6.25. The predicted octanol–water partition coefficient (Wildman–Crippen LogP) is 16.3. The first-order valence-corrected chi connectivity index (χ1v) is 20.8. The van der Waals surface area contributed by atoms with Crippen molar-refractivity contribution in [3.63, 3.8) is 0 Å². The SMILES string of the molecule is c1cc(-c2ccc3ccccc3c2)cc(N(c2ccc(-c3cccc(-n4c5ccccc5c5ccccc54)c3)cc2)c2ccc(-c3cccc4oc5ccccc5c34)cc2)c1. The molecular weight excluding hydrogens is 741 g/mol. The first kappa shape index (κ1) is 34.9. The Labute approximate surface area is 353 Å². The second-order valence-corrected chi connectivity index (χ2v) is 15.7. The zero-order chi connectivity index (χ0) is 40.3. The molecule has 0 bridgehead atoms. The fraction of sp³-hybridized carbons (Fsp3) is 0. The van der Waals surface area contributed by atoms with E-state index in [9.17, 15) is 0 Å². The molecular formula is C58H38N2O. The fourth-order valence-corrected chi connectivity index (χ4v) is 9.27. The minimum absolute atomic E-state index is 0.899. The number of anilines is 3. The van der Waals surface area contributed by atoms with Crippen LogP contribution in [-0.4, -0.2) is 4.57 Å². The van der Waals surface area contributed by atoms with E-state index in [1.807, 2.05) is 12.1 Å². The van der Waals surface area contributed by atoms with Gasteiger partial charge in [-0.05, 0) is 123 Å². The highest BCUT2D eigenvalue weighted by atomic mass is 16.3. The molecule has 0 aliphatic heterocycles. The Morgan fingerprint density at radius 1 is 0.328 bits per heavy atom. The van der Waals surface area contributed by atoms with Crippen LogP contribution in [0.25, 0.3) is 93.6 Å². The maximum absolute atomic E-state index is 6.25. The third-order valence-electron chi connectivity index (χ3n) is 12.2. The van der Waals surface area contributed by atoms with Crippen LogP contribution in [0.2, 0.25) is 0 Å². The molecule has 61 heavy (non-hydrogen) atoms. The average molecular weight is 779 g/mol. The standard InChI is InChI=1S/C58H38N2O/c1-2-13-42-36-45(27-26-39(42)12-1)44-15-10-16-48(38-44)59(47-34-30-41(31-35-47)50-21-11-25-57-58(50)53-20-5-8-24-56(53)61-57)46-32-28-40(29-33-46)43-14-9-17-49(37-43)60-54-22-6-3-18-51(54)52-19-4-7-23-55(52)60/h1-38H. The number of hydrogen-bond acceptors (Lipinski definition) is 2. The average Bonchev–Trinajstić information content (AvgIpc) is 3.88. The molecule has 0 saturated carbocycles. The number of nitrogens with zero attached hydrogens (tertiary/aromatic N) is 2. The third-order valence-corrected chi connectivity index (χ3v) is 12.2. The van der Waals surface area contributed by atoms with Crippen molar-refractivity contribution in [2.75, 3.05) is 4.90 Å². The number of aromatic nitrogens is 1. The second-order valence-electron chi connectivity index (χ2n) is 15.7. The van der Waals surface area contributed by atoms with Gasteiger partial charge >= 0.3 is 0 Å². The Bertz CT molecular complexity index is 3540. The molecule has 12 rings (SSSR count). The molecule has 0 radical (unpaired) electrons. The van der Waals surface area contributed by atoms with E-state index in [1.165, 1.54) is 49.3 Å². The maximum Gasteiger partial charge on any atom is 0.136 e. The summed E-state index contributed by atoms with van der Waals surface area (Å²) in [6.07, 6.45) is 0. The van der Waals surface area contributed by atoms with Gasteiger partial charge in [-0.3, -0.25) is 0 Å². The number of hydrogen-bond donors (Lipinski definition) is 0. The number of rotatable bonds is 7. The van der Waals surface area contributed by atoms with Crippen molar-refractivity contribution in [2.24, 2.45) is 0 Å². The first-order valence-electron chi connectivity index (χ1n) is 20.8. The van der Waals surface area contributed by atoms with Gasteiger partial charge in [0.1, 0.15) is 11.2 Å². The lowest BCUT2D eigenvalue weighted by Crippen LogP contribution is -2.10. The van der Waals surface area contributed by atoms with Crippen molar-refractivity contribution >= 4 is 71.6 Å². The summed E-state index contributed by atoms with van der Waals surface area (Å²) in [6.45, 7) is 0. The summed E-state index contributed by atoms with van der Waals surface area (Å²) in [7, 11) is 0. The number of para-hydroxylation sites is 3. The summed E-state index contributed by atoms with van der Waals surface area (Å²) >= 11 is 0. The van der Waals surface area contributed by atoms with E-state index in [-0.39, 0.29) is 0 Å². The molecule has 0 unspecified atom stereocenters. The van der Waals surface area contributed by atoms with Crippen LogP contribution in [0, 0.1) is 0 Å². The molecule has 0 aliphatic rings. The van der Waals surface area contributed by atoms with Crippen molar-refractivity contribution in [1.82, 2.24) is 4.57 Å². The molecule has 2 aromatic heterocycles. The van der Waals surface area contributed by atoms with Gasteiger partial charge in [0.25, 0.3) is 0 Å². The molecule has 0 fully saturated rings. The van der Waals surface area contributed by atoms with Crippen LogP contribution in [0.15, 0.2) is 235 Å². The molecule has 0 spiro atoms. The Kier molecular flexibility index (Phi) is 8.17. The van der Waals surface area contributed by atoms with Crippen molar-refractivity contribution < 1.29 is 4.42 Å². The molecule has 0 amide bonds. The molecule has 3 nitrogen and oxygen atoms in total. The van der Waals surface area contributed by atoms with Gasteiger partial charge in [-0.25, -0.2) is 0 Å². The van der Waals surface area contributed by atoms with Crippen molar-refractivity contribution in [1.29, 1.82) is 0 Å². The van der Waals surface area contributed by atoms with Gasteiger partial charge in [-0.15, -0.1) is 0 Å². The van der Waals surface area contributed by atoms with Gasteiger partial charge in [0.05, 0.1) is 11.0 Å². The van der Waals surface area contributed by atoms with Gasteiger partial charge in [0.2, 0.25) is 0 Å². The highest BCUT2D eigenvalue weighted by Gasteiger charge is 2.17. The molecule has 286 valence electrons. The van der Waals surface area contributed by atoms with E-state index in [4.69, 9.17) is 4.42 Å². The molecule has 0 atom stereocenters.